The van der Waals surface area contributed by atoms with Crippen molar-refractivity contribution < 1.29 is 19.5 Å². The molecule has 0 unspecified atom stereocenters. The molecule has 1 radical (unpaired) electrons. The third kappa shape index (κ3) is 4.03. The number of ether oxygens (including phenoxy) is 1. The van der Waals surface area contributed by atoms with E-state index in [1.54, 1.807) is 0 Å². The molecule has 0 bridgehead atoms. The van der Waals surface area contributed by atoms with Gasteiger partial charge in [-0.05, 0) is 5.56 Å². The fourth-order valence-corrected chi connectivity index (χ4v) is 2.18. The third-order valence-electron chi connectivity index (χ3n) is 2.48. The molecule has 0 aliphatic carbocycles. The smallest absolute Gasteiger partial charge is 0.413 e. The molecule has 0 saturated carbocycles. The summed E-state index contributed by atoms with van der Waals surface area (Å²) >= 11 is 1.01. The average molecular weight is 319 g/mol. The minimum Gasteiger partial charge on any atom is -0.444 e. The minimum atomic E-state index is -1.17. The molecule has 2 amide bonds. The van der Waals surface area contributed by atoms with Gasteiger partial charge in [-0.2, -0.15) is 0 Å². The number of hydrogen-bond acceptors (Lipinski definition) is 7. The van der Waals surface area contributed by atoms with Crippen molar-refractivity contribution in [2.75, 3.05) is 5.32 Å². The highest BCUT2D eigenvalue weighted by Crippen LogP contribution is 2.16. The lowest BCUT2D eigenvalue weighted by Crippen LogP contribution is -2.17. The van der Waals surface area contributed by atoms with Crippen molar-refractivity contribution in [3.05, 3.63) is 47.0 Å². The largest absolute Gasteiger partial charge is 0.444 e. The van der Waals surface area contributed by atoms with Crippen LogP contribution >= 0.6 is 11.3 Å². The summed E-state index contributed by atoms with van der Waals surface area (Å²) in [6.07, 6.45) is -0.704. The number of anilines is 1. The van der Waals surface area contributed by atoms with E-state index in [4.69, 9.17) is 15.7 Å². The van der Waals surface area contributed by atoms with E-state index in [0.29, 0.717) is 0 Å². The molecule has 1 aromatic carbocycles. The van der Waals surface area contributed by atoms with E-state index < -0.39 is 17.7 Å². The number of rotatable bonds is 5. The molecule has 1 heterocycles. The van der Waals surface area contributed by atoms with Crippen molar-refractivity contribution in [3.8, 4) is 0 Å². The van der Waals surface area contributed by atoms with Crippen molar-refractivity contribution in [3.63, 3.8) is 0 Å². The van der Waals surface area contributed by atoms with Crippen LogP contribution in [-0.4, -0.2) is 27.9 Å². The fraction of sp³-hybridized carbons (Fsp3) is 0.0769. The number of nitrogens with one attached hydrogen (secondary N) is 2. The van der Waals surface area contributed by atoms with E-state index in [1.807, 2.05) is 30.3 Å². The Bertz CT molecular complexity index is 699. The summed E-state index contributed by atoms with van der Waals surface area (Å²) in [5, 5.41) is 15.3. The molecule has 0 aliphatic rings. The number of thiazole rings is 1. The van der Waals surface area contributed by atoms with Crippen LogP contribution in [-0.2, 0) is 16.1 Å². The van der Waals surface area contributed by atoms with Crippen LogP contribution in [0.1, 0.15) is 11.3 Å². The van der Waals surface area contributed by atoms with Gasteiger partial charge in [0.2, 0.25) is 0 Å². The highest BCUT2D eigenvalue weighted by atomic mass is 32.1. The third-order valence-corrected chi connectivity index (χ3v) is 3.24. The Balaban J connectivity index is 1.92. The minimum absolute atomic E-state index is 0.00543. The van der Waals surface area contributed by atoms with E-state index >= 15 is 0 Å². The molecule has 22 heavy (non-hydrogen) atoms. The van der Waals surface area contributed by atoms with Crippen molar-refractivity contribution in [2.45, 2.75) is 6.61 Å². The molecule has 0 fully saturated rings. The average Bonchev–Trinajstić information content (AvgIpc) is 2.94. The Morgan fingerprint density at radius 3 is 2.73 bits per heavy atom. The number of carbonyl (C=O) groups excluding carboxylic acids is 2. The Kier molecular flexibility index (Phi) is 5.04. The second-order valence-corrected chi connectivity index (χ2v) is 4.86. The van der Waals surface area contributed by atoms with Crippen molar-refractivity contribution in [1.82, 2.24) is 10.7 Å². The van der Waals surface area contributed by atoms with Gasteiger partial charge in [0.15, 0.2) is 10.8 Å². The van der Waals surface area contributed by atoms with Gasteiger partial charge in [0.05, 0.1) is 0 Å². The number of benzene rings is 1. The van der Waals surface area contributed by atoms with Gasteiger partial charge >= 0.3 is 6.09 Å². The summed E-state index contributed by atoms with van der Waals surface area (Å²) in [5.74, 6) is -1.17. The number of carbonyl (C=O) groups is 2. The van der Waals surface area contributed by atoms with E-state index in [9.17, 15) is 9.59 Å². The standard InChI is InChI=1S/C13H11N4O4S/c14-11(18)10(17-20)9-7-22-12(15-9)16-13(19)21-6-8-4-2-1-3-5-8/h1-5,7,14,20H,6H2,(H,15,16,19)/b17-10-. The number of aromatic nitrogens is 1. The molecule has 0 spiro atoms. The number of nitrogens with zero attached hydrogens (tertiary/aromatic N) is 2. The van der Waals surface area contributed by atoms with E-state index in [0.717, 1.165) is 16.9 Å². The molecule has 2 rings (SSSR count). The molecule has 1 aromatic heterocycles. The molecule has 3 N–H and O–H groups in total. The zero-order valence-corrected chi connectivity index (χ0v) is 12.0. The lowest BCUT2D eigenvalue weighted by molar-refractivity contribution is -0.112. The van der Waals surface area contributed by atoms with Crippen molar-refractivity contribution >= 4 is 34.2 Å². The van der Waals surface area contributed by atoms with Gasteiger partial charge in [-0.3, -0.25) is 15.8 Å². The van der Waals surface area contributed by atoms with Gasteiger partial charge in [-0.25, -0.2) is 9.78 Å². The van der Waals surface area contributed by atoms with E-state index in [2.05, 4.69) is 15.5 Å². The SMILES string of the molecule is [NH]C(=O)/C(=N\O)c1csc(NC(=O)OCc2ccccc2)n1. The zero-order valence-electron chi connectivity index (χ0n) is 11.1. The first-order valence-corrected chi connectivity index (χ1v) is 6.89. The summed E-state index contributed by atoms with van der Waals surface area (Å²) in [4.78, 5) is 26.4. The summed E-state index contributed by atoms with van der Waals surface area (Å²) in [7, 11) is 0. The quantitative estimate of drug-likeness (QED) is 0.494. The maximum absolute atomic E-state index is 11.6. The molecular weight excluding hydrogens is 308 g/mol. The summed E-state index contributed by atoms with van der Waals surface area (Å²) in [6, 6.07) is 9.15. The first-order valence-electron chi connectivity index (χ1n) is 6.01. The first-order chi connectivity index (χ1) is 10.6. The molecule has 113 valence electrons. The van der Waals surface area contributed by atoms with Gasteiger partial charge in [-0.15, -0.1) is 11.3 Å². The molecule has 0 aliphatic heterocycles. The summed E-state index contributed by atoms with van der Waals surface area (Å²) in [6.45, 7) is 0.111. The van der Waals surface area contributed by atoms with Gasteiger partial charge in [0, 0.05) is 5.38 Å². The normalized spacial score (nSPS) is 11.0. The molecular formula is C13H11N4O4S. The lowest BCUT2D eigenvalue weighted by Gasteiger charge is -2.04. The van der Waals surface area contributed by atoms with Gasteiger partial charge in [0.25, 0.3) is 5.91 Å². The summed E-state index contributed by atoms with van der Waals surface area (Å²) in [5.41, 5.74) is 7.25. The fourth-order valence-electron chi connectivity index (χ4n) is 1.50. The zero-order chi connectivity index (χ0) is 15.9. The van der Waals surface area contributed by atoms with Crippen LogP contribution in [0.25, 0.3) is 0 Å². The first kappa shape index (κ1) is 15.4. The van der Waals surface area contributed by atoms with Crippen LogP contribution < -0.4 is 11.1 Å². The highest BCUT2D eigenvalue weighted by Gasteiger charge is 2.17. The topological polar surface area (TPSA) is 125 Å². The van der Waals surface area contributed by atoms with Crippen LogP contribution in [0.5, 0.6) is 0 Å². The Morgan fingerprint density at radius 2 is 2.09 bits per heavy atom. The van der Waals surface area contributed by atoms with Crippen molar-refractivity contribution in [2.24, 2.45) is 5.16 Å². The Hall–Kier alpha value is -2.94. The Morgan fingerprint density at radius 1 is 1.36 bits per heavy atom. The number of oxime groups is 1. The monoisotopic (exact) mass is 319 g/mol. The maximum Gasteiger partial charge on any atom is 0.413 e. The van der Waals surface area contributed by atoms with Gasteiger partial charge in [0.1, 0.15) is 12.3 Å². The highest BCUT2D eigenvalue weighted by molar-refractivity contribution is 7.14. The van der Waals surface area contributed by atoms with Crippen LogP contribution in [0.15, 0.2) is 40.9 Å². The van der Waals surface area contributed by atoms with E-state index in [1.165, 1.54) is 5.38 Å². The Labute approximate surface area is 129 Å². The van der Waals surface area contributed by atoms with E-state index in [-0.39, 0.29) is 17.4 Å². The van der Waals surface area contributed by atoms with Gasteiger partial charge < -0.3 is 9.94 Å². The second kappa shape index (κ2) is 7.18. The lowest BCUT2D eigenvalue weighted by atomic mass is 10.2. The maximum atomic E-state index is 11.6. The van der Waals surface area contributed by atoms with Crippen LogP contribution in [0.3, 0.4) is 0 Å². The van der Waals surface area contributed by atoms with Crippen molar-refractivity contribution in [1.29, 1.82) is 0 Å². The summed E-state index contributed by atoms with van der Waals surface area (Å²) < 4.78 is 5.01. The molecule has 2 aromatic rings. The van der Waals surface area contributed by atoms with Crippen LogP contribution in [0, 0.1) is 0 Å². The predicted molar refractivity (Wildman–Crippen MR) is 78.8 cm³/mol. The molecule has 0 atom stereocenters. The number of amides is 2. The van der Waals surface area contributed by atoms with Crippen LogP contribution in [0.2, 0.25) is 0 Å². The number of hydrogen-bond donors (Lipinski definition) is 2. The molecule has 9 heteroatoms. The molecule has 8 nitrogen and oxygen atoms in total. The molecule has 0 saturated heterocycles. The van der Waals surface area contributed by atoms with Gasteiger partial charge in [-0.1, -0.05) is 35.5 Å². The predicted octanol–water partition coefficient (Wildman–Crippen LogP) is 1.88. The van der Waals surface area contributed by atoms with Crippen LogP contribution in [0.4, 0.5) is 9.93 Å². The second-order valence-electron chi connectivity index (χ2n) is 4.00.